The van der Waals surface area contributed by atoms with E-state index in [2.05, 4.69) is 5.48 Å². The summed E-state index contributed by atoms with van der Waals surface area (Å²) in [6, 6.07) is 14.8. The molecule has 0 aliphatic carbocycles. The minimum absolute atomic E-state index is 0.375. The van der Waals surface area contributed by atoms with Crippen LogP contribution in [0.5, 0.6) is 0 Å². The van der Waals surface area contributed by atoms with Crippen LogP contribution in [-0.2, 0) is 9.63 Å². The largest absolute Gasteiger partial charge is 0.380 e. The SMILES string of the molecule is CCNOC(=O)C(O)C(c1ccccc1)c1ccc(F)cc1. The predicted molar refractivity (Wildman–Crippen MR) is 80.5 cm³/mol. The molecule has 0 saturated heterocycles. The van der Waals surface area contributed by atoms with E-state index in [-0.39, 0.29) is 5.82 Å². The highest BCUT2D eigenvalue weighted by Gasteiger charge is 2.30. The predicted octanol–water partition coefficient (Wildman–Crippen LogP) is 2.39. The van der Waals surface area contributed by atoms with Crippen LogP contribution in [0.4, 0.5) is 4.39 Å². The molecule has 0 aliphatic heterocycles. The van der Waals surface area contributed by atoms with Gasteiger partial charge in [-0.05, 0) is 30.2 Å². The van der Waals surface area contributed by atoms with Crippen LogP contribution >= 0.6 is 0 Å². The number of hydrogen-bond acceptors (Lipinski definition) is 4. The quantitative estimate of drug-likeness (QED) is 0.805. The molecule has 2 rings (SSSR count). The normalized spacial score (nSPS) is 13.4. The van der Waals surface area contributed by atoms with E-state index >= 15 is 0 Å². The van der Waals surface area contributed by atoms with Crippen LogP contribution < -0.4 is 5.48 Å². The molecule has 4 nitrogen and oxygen atoms in total. The van der Waals surface area contributed by atoms with Gasteiger partial charge in [0.15, 0.2) is 6.10 Å². The number of carbonyl (C=O) groups is 1. The molecular formula is C17H18FNO3. The van der Waals surface area contributed by atoms with E-state index in [0.717, 1.165) is 5.56 Å². The molecule has 2 N–H and O–H groups in total. The lowest BCUT2D eigenvalue weighted by Gasteiger charge is -2.22. The molecule has 22 heavy (non-hydrogen) atoms. The third-order valence-electron chi connectivity index (χ3n) is 3.26. The van der Waals surface area contributed by atoms with Gasteiger partial charge in [0.25, 0.3) is 0 Å². The second-order valence-corrected chi connectivity index (χ2v) is 4.80. The second kappa shape index (κ2) is 7.68. The van der Waals surface area contributed by atoms with Gasteiger partial charge in [0.2, 0.25) is 0 Å². The molecule has 116 valence electrons. The van der Waals surface area contributed by atoms with Crippen molar-refractivity contribution in [3.05, 3.63) is 71.5 Å². The van der Waals surface area contributed by atoms with E-state index < -0.39 is 18.0 Å². The number of halogens is 1. The molecule has 0 aliphatic rings. The molecule has 2 atom stereocenters. The lowest BCUT2D eigenvalue weighted by Crippen LogP contribution is -2.34. The minimum atomic E-state index is -1.40. The Kier molecular flexibility index (Phi) is 5.63. The molecule has 2 unspecified atom stereocenters. The van der Waals surface area contributed by atoms with Crippen LogP contribution in [0.2, 0.25) is 0 Å². The Balaban J connectivity index is 2.33. The number of aliphatic hydroxyl groups excluding tert-OH is 1. The summed E-state index contributed by atoms with van der Waals surface area (Å²) in [7, 11) is 0. The molecule has 0 amide bonds. The van der Waals surface area contributed by atoms with Crippen LogP contribution in [0.15, 0.2) is 54.6 Å². The van der Waals surface area contributed by atoms with Crippen molar-refractivity contribution in [2.45, 2.75) is 18.9 Å². The van der Waals surface area contributed by atoms with Crippen molar-refractivity contribution in [1.29, 1.82) is 0 Å². The molecule has 2 aromatic carbocycles. The number of hydroxylamine groups is 1. The zero-order valence-electron chi connectivity index (χ0n) is 12.2. The van der Waals surface area contributed by atoms with E-state index in [1.807, 2.05) is 18.2 Å². The van der Waals surface area contributed by atoms with Gasteiger partial charge >= 0.3 is 5.97 Å². The average molecular weight is 303 g/mol. The van der Waals surface area contributed by atoms with Crippen molar-refractivity contribution in [1.82, 2.24) is 5.48 Å². The molecular weight excluding hydrogens is 285 g/mol. The van der Waals surface area contributed by atoms with Gasteiger partial charge in [0, 0.05) is 12.5 Å². The van der Waals surface area contributed by atoms with Crippen LogP contribution in [0.25, 0.3) is 0 Å². The highest BCUT2D eigenvalue weighted by molar-refractivity contribution is 5.76. The zero-order chi connectivity index (χ0) is 15.9. The van der Waals surface area contributed by atoms with Crippen molar-refractivity contribution in [2.75, 3.05) is 6.54 Å². The Bertz CT molecular complexity index is 601. The number of rotatable bonds is 6. The molecule has 0 saturated carbocycles. The maximum Gasteiger partial charge on any atom is 0.354 e. The Morgan fingerprint density at radius 1 is 1.14 bits per heavy atom. The summed E-state index contributed by atoms with van der Waals surface area (Å²) in [6.45, 7) is 2.21. The fourth-order valence-corrected chi connectivity index (χ4v) is 2.23. The van der Waals surface area contributed by atoms with Gasteiger partial charge in [-0.1, -0.05) is 42.5 Å². The first-order chi connectivity index (χ1) is 10.6. The number of aliphatic hydroxyl groups is 1. The van der Waals surface area contributed by atoms with Gasteiger partial charge in [0.1, 0.15) is 5.82 Å². The Morgan fingerprint density at radius 3 is 2.32 bits per heavy atom. The van der Waals surface area contributed by atoms with E-state index in [0.29, 0.717) is 12.1 Å². The van der Waals surface area contributed by atoms with Gasteiger partial charge in [-0.3, -0.25) is 0 Å². The maximum absolute atomic E-state index is 13.1. The number of nitrogens with one attached hydrogen (secondary N) is 1. The topological polar surface area (TPSA) is 58.6 Å². The summed E-state index contributed by atoms with van der Waals surface area (Å²) in [6.07, 6.45) is -1.40. The standard InChI is InChI=1S/C17H18FNO3/c1-2-19-22-17(21)16(20)15(12-6-4-3-5-7-12)13-8-10-14(18)11-9-13/h3-11,15-16,19-20H,2H2,1H3. The number of hydrogen-bond donors (Lipinski definition) is 2. The fourth-order valence-electron chi connectivity index (χ4n) is 2.23. The van der Waals surface area contributed by atoms with E-state index in [1.54, 1.807) is 31.2 Å². The Morgan fingerprint density at radius 2 is 1.73 bits per heavy atom. The van der Waals surface area contributed by atoms with Crippen molar-refractivity contribution in [3.8, 4) is 0 Å². The third kappa shape index (κ3) is 3.90. The van der Waals surface area contributed by atoms with Crippen molar-refractivity contribution in [2.24, 2.45) is 0 Å². The number of carbonyl (C=O) groups excluding carboxylic acids is 1. The van der Waals surface area contributed by atoms with Gasteiger partial charge in [-0.2, -0.15) is 5.48 Å². The van der Waals surface area contributed by atoms with Crippen molar-refractivity contribution >= 4 is 5.97 Å². The maximum atomic E-state index is 13.1. The van der Waals surface area contributed by atoms with Gasteiger partial charge < -0.3 is 9.94 Å². The van der Waals surface area contributed by atoms with Crippen LogP contribution in [0, 0.1) is 5.82 Å². The first-order valence-corrected chi connectivity index (χ1v) is 7.05. The first-order valence-electron chi connectivity index (χ1n) is 7.05. The van der Waals surface area contributed by atoms with Gasteiger partial charge in [-0.15, -0.1) is 0 Å². The van der Waals surface area contributed by atoms with E-state index in [4.69, 9.17) is 4.84 Å². The molecule has 0 heterocycles. The van der Waals surface area contributed by atoms with Crippen LogP contribution in [0.3, 0.4) is 0 Å². The van der Waals surface area contributed by atoms with Crippen molar-refractivity contribution in [3.63, 3.8) is 0 Å². The monoisotopic (exact) mass is 303 g/mol. The highest BCUT2D eigenvalue weighted by atomic mass is 19.1. The summed E-state index contributed by atoms with van der Waals surface area (Å²) < 4.78 is 13.1. The fraction of sp³-hybridized carbons (Fsp3) is 0.235. The average Bonchev–Trinajstić information content (AvgIpc) is 2.55. The molecule has 0 aromatic heterocycles. The molecule has 0 bridgehead atoms. The van der Waals surface area contributed by atoms with Crippen molar-refractivity contribution < 1.29 is 19.1 Å². The van der Waals surface area contributed by atoms with E-state index in [1.165, 1.54) is 12.1 Å². The first kappa shape index (κ1) is 16.1. The van der Waals surface area contributed by atoms with Crippen LogP contribution in [-0.4, -0.2) is 23.7 Å². The smallest absolute Gasteiger partial charge is 0.354 e. The third-order valence-corrected chi connectivity index (χ3v) is 3.26. The molecule has 5 heteroatoms. The van der Waals surface area contributed by atoms with Gasteiger partial charge in [-0.25, -0.2) is 9.18 Å². The Hall–Kier alpha value is -2.24. The summed E-state index contributed by atoms with van der Waals surface area (Å²) in [4.78, 5) is 16.7. The van der Waals surface area contributed by atoms with Gasteiger partial charge in [0.05, 0.1) is 0 Å². The summed E-state index contributed by atoms with van der Waals surface area (Å²) >= 11 is 0. The number of benzene rings is 2. The van der Waals surface area contributed by atoms with Crippen LogP contribution in [0.1, 0.15) is 24.0 Å². The molecule has 2 aromatic rings. The summed E-state index contributed by atoms with van der Waals surface area (Å²) in [5.74, 6) is -1.78. The lowest BCUT2D eigenvalue weighted by atomic mass is 9.86. The molecule has 0 spiro atoms. The summed E-state index contributed by atoms with van der Waals surface area (Å²) in [5.41, 5.74) is 3.80. The second-order valence-electron chi connectivity index (χ2n) is 4.80. The zero-order valence-corrected chi connectivity index (χ0v) is 12.2. The van der Waals surface area contributed by atoms with E-state index in [9.17, 15) is 14.3 Å². The highest BCUT2D eigenvalue weighted by Crippen LogP contribution is 2.28. The summed E-state index contributed by atoms with van der Waals surface area (Å²) in [5, 5.41) is 10.4. The minimum Gasteiger partial charge on any atom is -0.380 e. The Labute approximate surface area is 128 Å². The molecule has 0 fully saturated rings. The lowest BCUT2D eigenvalue weighted by molar-refractivity contribution is -0.161. The molecule has 0 radical (unpaired) electrons.